The SMILES string of the molecule is C=CC1CC(C=C)C(COc2ccc(C(c3ccccc3)c3cccc(C)c3)cc2)C1. The van der Waals surface area contributed by atoms with Gasteiger partial charge in [-0.1, -0.05) is 84.4 Å². The van der Waals surface area contributed by atoms with Crippen molar-refractivity contribution in [2.24, 2.45) is 17.8 Å². The maximum absolute atomic E-state index is 6.20. The number of hydrogen-bond donors (Lipinski definition) is 0. The van der Waals surface area contributed by atoms with Gasteiger partial charge in [0.05, 0.1) is 6.61 Å². The van der Waals surface area contributed by atoms with E-state index in [-0.39, 0.29) is 5.92 Å². The zero-order valence-electron chi connectivity index (χ0n) is 18.4. The number of hydrogen-bond acceptors (Lipinski definition) is 1. The molecule has 0 spiro atoms. The molecule has 4 atom stereocenters. The van der Waals surface area contributed by atoms with Gasteiger partial charge in [0.15, 0.2) is 0 Å². The van der Waals surface area contributed by atoms with E-state index >= 15 is 0 Å². The van der Waals surface area contributed by atoms with Crippen LogP contribution in [0.4, 0.5) is 0 Å². The van der Waals surface area contributed by atoms with Crippen LogP contribution in [0.2, 0.25) is 0 Å². The standard InChI is InChI=1S/C30H32O/c1-4-23-19-24(5-2)28(20-23)21-31-29-16-14-26(15-17-29)30(25-11-7-6-8-12-25)27-13-9-10-22(3)18-27/h4-18,23-24,28,30H,1-2,19-21H2,3H3. The van der Waals surface area contributed by atoms with Crippen LogP contribution in [0.5, 0.6) is 5.75 Å². The van der Waals surface area contributed by atoms with Crippen LogP contribution in [-0.2, 0) is 0 Å². The summed E-state index contributed by atoms with van der Waals surface area (Å²) >= 11 is 0. The van der Waals surface area contributed by atoms with E-state index in [0.29, 0.717) is 17.8 Å². The summed E-state index contributed by atoms with van der Waals surface area (Å²) in [6.45, 7) is 10.9. The van der Waals surface area contributed by atoms with Gasteiger partial charge >= 0.3 is 0 Å². The molecule has 4 rings (SSSR count). The normalized spacial score (nSPS) is 21.4. The molecule has 0 amide bonds. The first-order valence-electron chi connectivity index (χ1n) is 11.3. The minimum absolute atomic E-state index is 0.212. The topological polar surface area (TPSA) is 9.23 Å². The minimum atomic E-state index is 0.212. The monoisotopic (exact) mass is 408 g/mol. The molecule has 1 nitrogen and oxygen atoms in total. The van der Waals surface area contributed by atoms with E-state index in [1.54, 1.807) is 0 Å². The maximum Gasteiger partial charge on any atom is 0.119 e. The van der Waals surface area contributed by atoms with E-state index < -0.39 is 0 Å². The number of aryl methyl sites for hydroxylation is 1. The van der Waals surface area contributed by atoms with Crippen molar-refractivity contribution in [1.82, 2.24) is 0 Å². The zero-order chi connectivity index (χ0) is 21.6. The quantitative estimate of drug-likeness (QED) is 0.276. The third-order valence-electron chi connectivity index (χ3n) is 6.61. The van der Waals surface area contributed by atoms with E-state index in [1.807, 2.05) is 0 Å². The number of rotatable bonds is 8. The summed E-state index contributed by atoms with van der Waals surface area (Å²) in [5.74, 6) is 2.77. The lowest BCUT2D eigenvalue weighted by atomic mass is 9.84. The third kappa shape index (κ3) is 4.99. The van der Waals surface area contributed by atoms with Crippen molar-refractivity contribution in [1.29, 1.82) is 0 Å². The zero-order valence-corrected chi connectivity index (χ0v) is 18.4. The Bertz CT molecular complexity index is 1000. The Hall–Kier alpha value is -3.06. The molecular formula is C30H32O. The molecule has 0 saturated heterocycles. The summed E-state index contributed by atoms with van der Waals surface area (Å²) in [5, 5.41) is 0. The second-order valence-electron chi connectivity index (χ2n) is 8.76. The van der Waals surface area contributed by atoms with Crippen LogP contribution in [0.3, 0.4) is 0 Å². The number of benzene rings is 3. The summed E-state index contributed by atoms with van der Waals surface area (Å²) in [6, 6.07) is 28.2. The van der Waals surface area contributed by atoms with Gasteiger partial charge in [-0.15, -0.1) is 13.2 Å². The molecule has 4 unspecified atom stereocenters. The van der Waals surface area contributed by atoms with Gasteiger partial charge in [0.25, 0.3) is 0 Å². The summed E-state index contributed by atoms with van der Waals surface area (Å²) in [6.07, 6.45) is 6.46. The Balaban J connectivity index is 1.52. The van der Waals surface area contributed by atoms with Gasteiger partial charge in [0.1, 0.15) is 5.75 Å². The molecule has 0 heterocycles. The maximum atomic E-state index is 6.20. The van der Waals surface area contributed by atoms with Crippen LogP contribution < -0.4 is 4.74 Å². The Morgan fingerprint density at radius 3 is 2.23 bits per heavy atom. The number of ether oxygens (including phenoxy) is 1. The van der Waals surface area contributed by atoms with Crippen LogP contribution in [0, 0.1) is 24.7 Å². The first kappa shape index (κ1) is 21.2. The van der Waals surface area contributed by atoms with Crippen molar-refractivity contribution in [3.8, 4) is 5.75 Å². The molecule has 3 aromatic rings. The fourth-order valence-electron chi connectivity index (χ4n) is 4.91. The van der Waals surface area contributed by atoms with Gasteiger partial charge < -0.3 is 4.74 Å². The van der Waals surface area contributed by atoms with Gasteiger partial charge in [-0.3, -0.25) is 0 Å². The molecule has 3 aromatic carbocycles. The lowest BCUT2D eigenvalue weighted by molar-refractivity contribution is 0.230. The predicted molar refractivity (Wildman–Crippen MR) is 131 cm³/mol. The fraction of sp³-hybridized carbons (Fsp3) is 0.267. The molecule has 1 saturated carbocycles. The summed E-state index contributed by atoms with van der Waals surface area (Å²) < 4.78 is 6.20. The lowest BCUT2D eigenvalue weighted by Gasteiger charge is -2.20. The van der Waals surface area contributed by atoms with E-state index in [9.17, 15) is 0 Å². The second-order valence-corrected chi connectivity index (χ2v) is 8.76. The predicted octanol–water partition coefficient (Wildman–Crippen LogP) is 7.57. The molecule has 0 aromatic heterocycles. The van der Waals surface area contributed by atoms with E-state index in [1.165, 1.54) is 22.3 Å². The average Bonchev–Trinajstić information content (AvgIpc) is 3.22. The second kappa shape index (κ2) is 9.83. The lowest BCUT2D eigenvalue weighted by Crippen LogP contribution is -2.15. The van der Waals surface area contributed by atoms with Gasteiger partial charge in [-0.05, 0) is 66.3 Å². The molecule has 1 heteroatoms. The summed E-state index contributed by atoms with van der Waals surface area (Å²) in [7, 11) is 0. The van der Waals surface area contributed by atoms with Crippen LogP contribution in [0.25, 0.3) is 0 Å². The van der Waals surface area contributed by atoms with E-state index in [0.717, 1.165) is 25.2 Å². The molecule has 0 N–H and O–H groups in total. The van der Waals surface area contributed by atoms with E-state index in [2.05, 4.69) is 111 Å². The molecule has 1 fully saturated rings. The average molecular weight is 409 g/mol. The highest BCUT2D eigenvalue weighted by molar-refractivity contribution is 5.45. The largest absolute Gasteiger partial charge is 0.493 e. The van der Waals surface area contributed by atoms with Crippen molar-refractivity contribution in [3.63, 3.8) is 0 Å². The van der Waals surface area contributed by atoms with Gasteiger partial charge in [-0.25, -0.2) is 0 Å². The Labute approximate surface area is 187 Å². The Morgan fingerprint density at radius 1 is 0.839 bits per heavy atom. The van der Waals surface area contributed by atoms with Crippen LogP contribution >= 0.6 is 0 Å². The number of allylic oxidation sites excluding steroid dienone is 2. The molecule has 1 aliphatic carbocycles. The van der Waals surface area contributed by atoms with Gasteiger partial charge in [0, 0.05) is 5.92 Å². The van der Waals surface area contributed by atoms with Crippen LogP contribution in [-0.4, -0.2) is 6.61 Å². The van der Waals surface area contributed by atoms with Gasteiger partial charge in [-0.2, -0.15) is 0 Å². The molecular weight excluding hydrogens is 376 g/mol. The minimum Gasteiger partial charge on any atom is -0.493 e. The fourth-order valence-corrected chi connectivity index (χ4v) is 4.91. The van der Waals surface area contributed by atoms with Crippen molar-refractivity contribution >= 4 is 0 Å². The smallest absolute Gasteiger partial charge is 0.119 e. The third-order valence-corrected chi connectivity index (χ3v) is 6.61. The molecule has 0 radical (unpaired) electrons. The van der Waals surface area contributed by atoms with Gasteiger partial charge in [0.2, 0.25) is 0 Å². The molecule has 1 aliphatic rings. The molecule has 0 aliphatic heterocycles. The highest BCUT2D eigenvalue weighted by Crippen LogP contribution is 2.38. The van der Waals surface area contributed by atoms with E-state index in [4.69, 9.17) is 4.74 Å². The van der Waals surface area contributed by atoms with Crippen molar-refractivity contribution in [2.75, 3.05) is 6.61 Å². The summed E-state index contributed by atoms with van der Waals surface area (Å²) in [5.41, 5.74) is 5.18. The van der Waals surface area contributed by atoms with Crippen molar-refractivity contribution in [2.45, 2.75) is 25.7 Å². The van der Waals surface area contributed by atoms with Crippen LogP contribution in [0.1, 0.15) is 41.0 Å². The highest BCUT2D eigenvalue weighted by atomic mass is 16.5. The molecule has 0 bridgehead atoms. The highest BCUT2D eigenvalue weighted by Gasteiger charge is 2.31. The van der Waals surface area contributed by atoms with Crippen molar-refractivity contribution in [3.05, 3.63) is 126 Å². The molecule has 158 valence electrons. The molecule has 31 heavy (non-hydrogen) atoms. The Morgan fingerprint density at radius 2 is 1.55 bits per heavy atom. The van der Waals surface area contributed by atoms with Crippen LogP contribution in [0.15, 0.2) is 104 Å². The first-order valence-corrected chi connectivity index (χ1v) is 11.3. The first-order chi connectivity index (χ1) is 15.2. The summed E-state index contributed by atoms with van der Waals surface area (Å²) in [4.78, 5) is 0. The Kier molecular flexibility index (Phi) is 6.72. The van der Waals surface area contributed by atoms with Crippen molar-refractivity contribution < 1.29 is 4.74 Å².